The molecule has 0 aromatic carbocycles. The maximum absolute atomic E-state index is 12.0. The molecule has 3 aliphatic heterocycles. The fourth-order valence-corrected chi connectivity index (χ4v) is 4.53. The smallest absolute Gasteiger partial charge is 0.324 e. The van der Waals surface area contributed by atoms with Gasteiger partial charge in [0.25, 0.3) is 0 Å². The van der Waals surface area contributed by atoms with Crippen LogP contribution in [0.4, 0.5) is 10.6 Å². The van der Waals surface area contributed by atoms with Gasteiger partial charge in [-0.1, -0.05) is 6.07 Å². The molecule has 10 heteroatoms. The molecule has 1 aromatic rings. The summed E-state index contributed by atoms with van der Waals surface area (Å²) in [7, 11) is 0. The quantitative estimate of drug-likeness (QED) is 0.589. The average Bonchev–Trinajstić information content (AvgIpc) is 2.74. The summed E-state index contributed by atoms with van der Waals surface area (Å²) in [4.78, 5) is 48.5. The molecule has 0 spiro atoms. The molecule has 0 bridgehead atoms. The van der Waals surface area contributed by atoms with E-state index in [2.05, 4.69) is 31.1 Å². The predicted molar refractivity (Wildman–Crippen MR) is 127 cm³/mol. The van der Waals surface area contributed by atoms with Crippen molar-refractivity contribution in [1.29, 1.82) is 0 Å². The van der Waals surface area contributed by atoms with Crippen molar-refractivity contribution in [3.05, 3.63) is 23.9 Å². The third kappa shape index (κ3) is 6.44. The number of amides is 3. The molecule has 0 atom stereocenters. The number of urea groups is 1. The molecule has 0 aliphatic carbocycles. The Morgan fingerprint density at radius 1 is 1.09 bits per heavy atom. The highest BCUT2D eigenvalue weighted by Gasteiger charge is 2.37. The van der Waals surface area contributed by atoms with E-state index in [9.17, 15) is 14.4 Å². The number of ether oxygens (including phenoxy) is 1. The van der Waals surface area contributed by atoms with E-state index >= 15 is 0 Å². The SMILES string of the molecule is CC(C)(C)OC(=O)CCN1CCN(Cc2ccc(N3CC(N4CCC(=O)NC4=O)C3)nc2)CC1. The Balaban J connectivity index is 1.16. The van der Waals surface area contributed by atoms with Gasteiger partial charge in [0.2, 0.25) is 5.91 Å². The van der Waals surface area contributed by atoms with E-state index in [0.717, 1.165) is 58.2 Å². The van der Waals surface area contributed by atoms with Crippen molar-refractivity contribution in [1.82, 2.24) is 25.0 Å². The Kier molecular flexibility index (Phi) is 7.37. The molecule has 3 amide bonds. The summed E-state index contributed by atoms with van der Waals surface area (Å²) in [5.41, 5.74) is 0.749. The number of carbonyl (C=O) groups is 3. The van der Waals surface area contributed by atoms with Gasteiger partial charge in [0.1, 0.15) is 11.4 Å². The van der Waals surface area contributed by atoms with Gasteiger partial charge in [-0.05, 0) is 32.4 Å². The van der Waals surface area contributed by atoms with E-state index in [0.29, 0.717) is 19.4 Å². The molecule has 1 N–H and O–H groups in total. The second kappa shape index (κ2) is 10.3. The molecular weight excluding hydrogens is 436 g/mol. The minimum Gasteiger partial charge on any atom is -0.460 e. The summed E-state index contributed by atoms with van der Waals surface area (Å²) in [5, 5.41) is 2.39. The summed E-state index contributed by atoms with van der Waals surface area (Å²) >= 11 is 0. The monoisotopic (exact) mass is 472 g/mol. The van der Waals surface area contributed by atoms with Crippen molar-refractivity contribution in [2.24, 2.45) is 0 Å². The van der Waals surface area contributed by atoms with Crippen molar-refractivity contribution < 1.29 is 19.1 Å². The standard InChI is InChI=1S/C24H36N6O4/c1-24(2,3)34-22(32)7-8-27-10-12-28(13-11-27)15-18-4-5-20(25-14-18)29-16-19(17-29)30-9-6-21(31)26-23(30)33/h4-5,14,19H,6-13,15-17H2,1-3H3,(H,26,31,33). The topological polar surface area (TPSA) is 98.3 Å². The van der Waals surface area contributed by atoms with Gasteiger partial charge >= 0.3 is 12.0 Å². The average molecular weight is 473 g/mol. The number of anilines is 1. The molecule has 1 aromatic heterocycles. The maximum atomic E-state index is 12.0. The Morgan fingerprint density at radius 3 is 2.41 bits per heavy atom. The summed E-state index contributed by atoms with van der Waals surface area (Å²) in [6, 6.07) is 4.01. The minimum absolute atomic E-state index is 0.126. The first kappa shape index (κ1) is 24.4. The number of aromatic nitrogens is 1. The van der Waals surface area contributed by atoms with Crippen LogP contribution in [0.3, 0.4) is 0 Å². The van der Waals surface area contributed by atoms with Gasteiger partial charge in [0.15, 0.2) is 0 Å². The van der Waals surface area contributed by atoms with Crippen LogP contribution >= 0.6 is 0 Å². The number of imide groups is 1. The summed E-state index contributed by atoms with van der Waals surface area (Å²) in [5.74, 6) is 0.585. The second-order valence-electron chi connectivity index (χ2n) is 10.3. The largest absolute Gasteiger partial charge is 0.460 e. The zero-order chi connectivity index (χ0) is 24.3. The van der Waals surface area contributed by atoms with Crippen LogP contribution in [0.2, 0.25) is 0 Å². The highest BCUT2D eigenvalue weighted by molar-refractivity contribution is 5.96. The van der Waals surface area contributed by atoms with Crippen LogP contribution in [0.25, 0.3) is 0 Å². The fraction of sp³-hybridized carbons (Fsp3) is 0.667. The van der Waals surface area contributed by atoms with Crippen molar-refractivity contribution in [2.75, 3.05) is 57.3 Å². The van der Waals surface area contributed by atoms with Crippen molar-refractivity contribution in [3.8, 4) is 0 Å². The van der Waals surface area contributed by atoms with Gasteiger partial charge in [-0.15, -0.1) is 0 Å². The molecule has 186 valence electrons. The number of carbonyl (C=O) groups excluding carboxylic acids is 3. The van der Waals surface area contributed by atoms with Gasteiger partial charge < -0.3 is 19.4 Å². The number of hydrogen-bond acceptors (Lipinski definition) is 8. The Hall–Kier alpha value is -2.72. The zero-order valence-electron chi connectivity index (χ0n) is 20.5. The Morgan fingerprint density at radius 2 is 1.79 bits per heavy atom. The number of esters is 1. The Bertz CT molecular complexity index is 886. The number of piperazine rings is 1. The van der Waals surface area contributed by atoms with E-state index in [-0.39, 0.29) is 23.9 Å². The lowest BCUT2D eigenvalue weighted by molar-refractivity contribution is -0.155. The third-order valence-electron chi connectivity index (χ3n) is 6.45. The van der Waals surface area contributed by atoms with E-state index in [1.54, 1.807) is 4.90 Å². The van der Waals surface area contributed by atoms with Gasteiger partial charge in [-0.25, -0.2) is 9.78 Å². The molecule has 3 fully saturated rings. The molecule has 0 unspecified atom stereocenters. The number of pyridine rings is 1. The summed E-state index contributed by atoms with van der Waals surface area (Å²) in [6.45, 7) is 13.1. The molecule has 4 rings (SSSR count). The molecule has 0 saturated carbocycles. The first-order valence-electron chi connectivity index (χ1n) is 12.1. The second-order valence-corrected chi connectivity index (χ2v) is 10.3. The first-order chi connectivity index (χ1) is 16.2. The summed E-state index contributed by atoms with van der Waals surface area (Å²) in [6.07, 6.45) is 2.73. The maximum Gasteiger partial charge on any atom is 0.324 e. The van der Waals surface area contributed by atoms with Gasteiger partial charge in [0, 0.05) is 71.5 Å². The van der Waals surface area contributed by atoms with E-state index in [4.69, 9.17) is 4.74 Å². The van der Waals surface area contributed by atoms with Crippen LogP contribution in [0.1, 0.15) is 39.2 Å². The third-order valence-corrected chi connectivity index (χ3v) is 6.45. The van der Waals surface area contributed by atoms with Crippen LogP contribution < -0.4 is 10.2 Å². The van der Waals surface area contributed by atoms with Crippen LogP contribution in [0, 0.1) is 0 Å². The Labute approximate surface area is 201 Å². The molecular formula is C24H36N6O4. The van der Waals surface area contributed by atoms with E-state index < -0.39 is 5.60 Å². The van der Waals surface area contributed by atoms with Crippen molar-refractivity contribution in [3.63, 3.8) is 0 Å². The molecule has 3 aliphatic rings. The van der Waals surface area contributed by atoms with Crippen LogP contribution in [-0.4, -0.2) is 102 Å². The zero-order valence-corrected chi connectivity index (χ0v) is 20.5. The number of rotatable bonds is 7. The molecule has 34 heavy (non-hydrogen) atoms. The lowest BCUT2D eigenvalue weighted by atomic mass is 10.1. The fourth-order valence-electron chi connectivity index (χ4n) is 4.53. The molecule has 3 saturated heterocycles. The molecule has 10 nitrogen and oxygen atoms in total. The van der Waals surface area contributed by atoms with Crippen molar-refractivity contribution in [2.45, 2.75) is 51.8 Å². The van der Waals surface area contributed by atoms with Gasteiger partial charge in [0.05, 0.1) is 12.5 Å². The lowest BCUT2D eigenvalue weighted by Gasteiger charge is -2.46. The van der Waals surface area contributed by atoms with Crippen LogP contribution in [-0.2, 0) is 20.9 Å². The van der Waals surface area contributed by atoms with Crippen LogP contribution in [0.15, 0.2) is 18.3 Å². The predicted octanol–water partition coefficient (Wildman–Crippen LogP) is 1.06. The minimum atomic E-state index is -0.428. The van der Waals surface area contributed by atoms with Gasteiger partial charge in [-0.3, -0.25) is 19.8 Å². The highest BCUT2D eigenvalue weighted by atomic mass is 16.6. The van der Waals surface area contributed by atoms with E-state index in [1.807, 2.05) is 33.0 Å². The lowest BCUT2D eigenvalue weighted by Crippen LogP contribution is -2.65. The highest BCUT2D eigenvalue weighted by Crippen LogP contribution is 2.23. The normalized spacial score (nSPS) is 20.8. The number of hydrogen-bond donors (Lipinski definition) is 1. The molecule has 4 heterocycles. The molecule has 0 radical (unpaired) electrons. The van der Waals surface area contributed by atoms with Crippen molar-refractivity contribution >= 4 is 23.7 Å². The summed E-state index contributed by atoms with van der Waals surface area (Å²) < 4.78 is 5.39. The van der Waals surface area contributed by atoms with E-state index in [1.165, 1.54) is 5.56 Å². The first-order valence-corrected chi connectivity index (χ1v) is 12.1. The number of nitrogens with one attached hydrogen (secondary N) is 1. The van der Waals surface area contributed by atoms with Crippen LogP contribution in [0.5, 0.6) is 0 Å². The number of nitrogens with zero attached hydrogens (tertiary/aromatic N) is 5. The van der Waals surface area contributed by atoms with Gasteiger partial charge in [-0.2, -0.15) is 0 Å².